The molecule has 0 bridgehead atoms. The second kappa shape index (κ2) is 9.09. The van der Waals surface area contributed by atoms with Gasteiger partial charge in [0, 0.05) is 38.9 Å². The smallest absolute Gasteiger partial charge is 0.246 e. The molecule has 1 aliphatic rings. The van der Waals surface area contributed by atoms with E-state index in [1.165, 1.54) is 16.1 Å². The fourth-order valence-electron chi connectivity index (χ4n) is 3.58. The summed E-state index contributed by atoms with van der Waals surface area (Å²) >= 11 is 0. The van der Waals surface area contributed by atoms with Crippen LogP contribution in [0.15, 0.2) is 59.8 Å². The molecule has 0 N–H and O–H groups in total. The average molecular weight is 440 g/mol. The van der Waals surface area contributed by atoms with Crippen molar-refractivity contribution in [3.63, 3.8) is 0 Å². The van der Waals surface area contributed by atoms with Crippen LogP contribution in [0.3, 0.4) is 0 Å². The van der Waals surface area contributed by atoms with E-state index in [-0.39, 0.29) is 4.90 Å². The molecule has 0 radical (unpaired) electrons. The zero-order chi connectivity index (χ0) is 21.8. The maximum atomic E-state index is 13.2. The van der Waals surface area contributed by atoms with Crippen LogP contribution in [0.1, 0.15) is 11.3 Å². The lowest BCUT2D eigenvalue weighted by Gasteiger charge is -2.34. The summed E-state index contributed by atoms with van der Waals surface area (Å²) in [6.45, 7) is 4.66. The van der Waals surface area contributed by atoms with Gasteiger partial charge in [0.2, 0.25) is 10.0 Å². The number of nitrogens with zero attached hydrogens (tertiary/aromatic N) is 5. The standard InChI is InChI=1S/C22H25N5O3S/c1-17-21(15-24-22(25-17)20-5-3-4-10-23-20)31(28,29)27-13-11-26(12-14-27)16-18-6-8-19(30-2)9-7-18/h3-10,15H,11-14,16H2,1-2H3. The number of hydrogen-bond acceptors (Lipinski definition) is 7. The molecule has 8 nitrogen and oxygen atoms in total. The Hall–Kier alpha value is -2.88. The maximum Gasteiger partial charge on any atom is 0.246 e. The lowest BCUT2D eigenvalue weighted by Crippen LogP contribution is -2.48. The van der Waals surface area contributed by atoms with Crippen LogP contribution in [0.5, 0.6) is 5.75 Å². The van der Waals surface area contributed by atoms with Crippen molar-refractivity contribution >= 4 is 10.0 Å². The maximum absolute atomic E-state index is 13.2. The van der Waals surface area contributed by atoms with Crippen LogP contribution >= 0.6 is 0 Å². The normalized spacial score (nSPS) is 15.7. The lowest BCUT2D eigenvalue weighted by atomic mass is 10.2. The van der Waals surface area contributed by atoms with Crippen LogP contribution in [0.2, 0.25) is 0 Å². The van der Waals surface area contributed by atoms with Gasteiger partial charge < -0.3 is 4.74 Å². The summed E-state index contributed by atoms with van der Waals surface area (Å²) in [5.74, 6) is 1.24. The van der Waals surface area contributed by atoms with Gasteiger partial charge in [-0.15, -0.1) is 0 Å². The van der Waals surface area contributed by atoms with Gasteiger partial charge in [0.05, 0.1) is 19.0 Å². The minimum Gasteiger partial charge on any atom is -0.497 e. The predicted octanol–water partition coefficient (Wildman–Crippen LogP) is 2.36. The van der Waals surface area contributed by atoms with E-state index in [0.29, 0.717) is 43.4 Å². The van der Waals surface area contributed by atoms with E-state index in [0.717, 1.165) is 12.3 Å². The van der Waals surface area contributed by atoms with E-state index >= 15 is 0 Å². The number of methoxy groups -OCH3 is 1. The molecule has 1 aromatic carbocycles. The fraction of sp³-hybridized carbons (Fsp3) is 0.318. The van der Waals surface area contributed by atoms with E-state index in [1.807, 2.05) is 36.4 Å². The number of benzene rings is 1. The van der Waals surface area contributed by atoms with Crippen molar-refractivity contribution in [3.8, 4) is 17.3 Å². The summed E-state index contributed by atoms with van der Waals surface area (Å²) in [5.41, 5.74) is 2.21. The van der Waals surface area contributed by atoms with Gasteiger partial charge in [-0.3, -0.25) is 9.88 Å². The lowest BCUT2D eigenvalue weighted by molar-refractivity contribution is 0.181. The fourth-order valence-corrected chi connectivity index (χ4v) is 5.11. The van der Waals surface area contributed by atoms with E-state index in [9.17, 15) is 8.42 Å². The number of piperazine rings is 1. The number of aromatic nitrogens is 3. The molecule has 162 valence electrons. The first-order valence-corrected chi connectivity index (χ1v) is 11.5. The monoisotopic (exact) mass is 439 g/mol. The number of aryl methyl sites for hydroxylation is 1. The Balaban J connectivity index is 1.43. The van der Waals surface area contributed by atoms with Crippen LogP contribution in [0.4, 0.5) is 0 Å². The first-order chi connectivity index (χ1) is 15.0. The molecule has 0 amide bonds. The Morgan fingerprint density at radius 3 is 2.35 bits per heavy atom. The Kier molecular flexibility index (Phi) is 6.26. The Morgan fingerprint density at radius 2 is 1.74 bits per heavy atom. The van der Waals surface area contributed by atoms with Gasteiger partial charge in [0.15, 0.2) is 5.82 Å². The Bertz CT molecular complexity index is 1130. The largest absolute Gasteiger partial charge is 0.497 e. The molecule has 0 atom stereocenters. The number of sulfonamides is 1. The highest BCUT2D eigenvalue weighted by atomic mass is 32.2. The summed E-state index contributed by atoms with van der Waals surface area (Å²) in [5, 5.41) is 0. The molecule has 0 unspecified atom stereocenters. The average Bonchev–Trinajstić information content (AvgIpc) is 2.80. The number of pyridine rings is 1. The van der Waals surface area contributed by atoms with Crippen molar-refractivity contribution in [2.75, 3.05) is 33.3 Å². The molecule has 2 aromatic heterocycles. The minimum atomic E-state index is -3.65. The highest BCUT2D eigenvalue weighted by Gasteiger charge is 2.30. The van der Waals surface area contributed by atoms with Crippen molar-refractivity contribution in [1.29, 1.82) is 0 Å². The Labute approximate surface area is 182 Å². The summed E-state index contributed by atoms with van der Waals surface area (Å²) in [6.07, 6.45) is 3.05. The van der Waals surface area contributed by atoms with Gasteiger partial charge >= 0.3 is 0 Å². The molecule has 3 aromatic rings. The van der Waals surface area contributed by atoms with Crippen molar-refractivity contribution in [1.82, 2.24) is 24.2 Å². The van der Waals surface area contributed by atoms with Crippen LogP contribution in [0.25, 0.3) is 11.5 Å². The van der Waals surface area contributed by atoms with Gasteiger partial charge in [-0.05, 0) is 36.8 Å². The van der Waals surface area contributed by atoms with Crippen molar-refractivity contribution < 1.29 is 13.2 Å². The molecule has 0 aliphatic carbocycles. The predicted molar refractivity (Wildman–Crippen MR) is 117 cm³/mol. The quantitative estimate of drug-likeness (QED) is 0.583. The SMILES string of the molecule is COc1ccc(CN2CCN(S(=O)(=O)c3cnc(-c4ccccn4)nc3C)CC2)cc1. The van der Waals surface area contributed by atoms with Crippen molar-refractivity contribution in [2.24, 2.45) is 0 Å². The van der Waals surface area contributed by atoms with Gasteiger partial charge in [-0.2, -0.15) is 4.31 Å². The van der Waals surface area contributed by atoms with E-state index in [2.05, 4.69) is 19.9 Å². The first-order valence-electron chi connectivity index (χ1n) is 10.1. The number of hydrogen-bond donors (Lipinski definition) is 0. The molecule has 3 heterocycles. The second-order valence-electron chi connectivity index (χ2n) is 7.39. The second-order valence-corrected chi connectivity index (χ2v) is 9.29. The van der Waals surface area contributed by atoms with Crippen LogP contribution in [0, 0.1) is 6.92 Å². The summed E-state index contributed by atoms with van der Waals surface area (Å²) in [7, 11) is -2.01. The minimum absolute atomic E-state index is 0.149. The van der Waals surface area contributed by atoms with Gasteiger partial charge in [-0.1, -0.05) is 18.2 Å². The molecule has 0 saturated carbocycles. The van der Waals surface area contributed by atoms with Crippen LogP contribution < -0.4 is 4.74 Å². The molecule has 31 heavy (non-hydrogen) atoms. The summed E-state index contributed by atoms with van der Waals surface area (Å²) in [4.78, 5) is 15.3. The molecule has 1 fully saturated rings. The molecule has 9 heteroatoms. The van der Waals surface area contributed by atoms with Gasteiger partial charge in [-0.25, -0.2) is 18.4 Å². The van der Waals surface area contributed by atoms with Crippen molar-refractivity contribution in [3.05, 3.63) is 66.1 Å². The zero-order valence-corrected chi connectivity index (χ0v) is 18.4. The number of ether oxygens (including phenoxy) is 1. The third-order valence-electron chi connectivity index (χ3n) is 5.34. The molecular weight excluding hydrogens is 414 g/mol. The van der Waals surface area contributed by atoms with Gasteiger partial charge in [0.1, 0.15) is 16.3 Å². The molecule has 1 saturated heterocycles. The molecule has 0 spiro atoms. The van der Waals surface area contributed by atoms with Gasteiger partial charge in [0.25, 0.3) is 0 Å². The highest BCUT2D eigenvalue weighted by molar-refractivity contribution is 7.89. The summed E-state index contributed by atoms with van der Waals surface area (Å²) < 4.78 is 33.1. The van der Waals surface area contributed by atoms with E-state index < -0.39 is 10.0 Å². The van der Waals surface area contributed by atoms with Crippen LogP contribution in [-0.2, 0) is 16.6 Å². The number of rotatable bonds is 6. The van der Waals surface area contributed by atoms with E-state index in [4.69, 9.17) is 4.74 Å². The van der Waals surface area contributed by atoms with Crippen LogP contribution in [-0.4, -0.2) is 65.9 Å². The van der Waals surface area contributed by atoms with Crippen molar-refractivity contribution in [2.45, 2.75) is 18.4 Å². The molecular formula is C22H25N5O3S. The molecule has 4 rings (SSSR count). The third-order valence-corrected chi connectivity index (χ3v) is 7.34. The summed E-state index contributed by atoms with van der Waals surface area (Å²) in [6, 6.07) is 13.4. The topological polar surface area (TPSA) is 88.5 Å². The third kappa shape index (κ3) is 4.73. The molecule has 1 aliphatic heterocycles. The first kappa shape index (κ1) is 21.4. The zero-order valence-electron chi connectivity index (χ0n) is 17.6. The Morgan fingerprint density at radius 1 is 1.00 bits per heavy atom. The van der Waals surface area contributed by atoms with E-state index in [1.54, 1.807) is 26.3 Å². The highest BCUT2D eigenvalue weighted by Crippen LogP contribution is 2.22.